The molecule has 0 unspecified atom stereocenters. The first kappa shape index (κ1) is 12.7. The van der Waals surface area contributed by atoms with Crippen LogP contribution in [0.4, 0.5) is 0 Å². The molecular weight excluding hydrogens is 222 g/mol. The van der Waals surface area contributed by atoms with Gasteiger partial charge in [0.2, 0.25) is 0 Å². The topological polar surface area (TPSA) is 36.9 Å². The second-order valence-electron chi connectivity index (χ2n) is 5.57. The molecule has 2 rings (SSSR count). The lowest BCUT2D eigenvalue weighted by atomic mass is 9.95. The first-order valence-corrected chi connectivity index (χ1v) is 6.47. The van der Waals surface area contributed by atoms with Gasteiger partial charge in [0.25, 0.3) is 0 Å². The fraction of sp³-hybridized carbons (Fsp3) is 0.438. The Balaban J connectivity index is 2.64. The van der Waals surface area contributed by atoms with Crippen molar-refractivity contribution in [3.8, 4) is 6.07 Å². The monoisotopic (exact) mass is 241 g/mol. The van der Waals surface area contributed by atoms with E-state index in [0.29, 0.717) is 17.4 Å². The quantitative estimate of drug-likeness (QED) is 0.785. The predicted octanol–water partition coefficient (Wildman–Crippen LogP) is 4.63. The van der Waals surface area contributed by atoms with Crippen LogP contribution in [0.25, 0.3) is 11.0 Å². The number of benzene rings is 1. The van der Waals surface area contributed by atoms with E-state index in [1.54, 1.807) is 6.26 Å². The van der Waals surface area contributed by atoms with E-state index in [1.165, 1.54) is 11.1 Å². The van der Waals surface area contributed by atoms with Crippen molar-refractivity contribution in [1.82, 2.24) is 0 Å². The van der Waals surface area contributed by atoms with Gasteiger partial charge in [-0.05, 0) is 41.5 Å². The highest BCUT2D eigenvalue weighted by molar-refractivity contribution is 5.86. The second-order valence-corrected chi connectivity index (χ2v) is 5.57. The molecule has 0 bridgehead atoms. The number of rotatable bonds is 3. The molecule has 0 radical (unpaired) electrons. The second kappa shape index (κ2) is 4.86. The molecule has 0 atom stereocenters. The van der Waals surface area contributed by atoms with E-state index in [2.05, 4.69) is 39.8 Å². The van der Waals surface area contributed by atoms with Crippen LogP contribution < -0.4 is 0 Å². The normalized spacial score (nSPS) is 11.4. The van der Waals surface area contributed by atoms with Gasteiger partial charge < -0.3 is 4.42 Å². The van der Waals surface area contributed by atoms with Crippen molar-refractivity contribution in [2.24, 2.45) is 5.92 Å². The molecule has 1 heterocycles. The highest BCUT2D eigenvalue weighted by Gasteiger charge is 2.14. The largest absolute Gasteiger partial charge is 0.463 e. The molecule has 0 saturated heterocycles. The molecule has 1 aromatic carbocycles. The molecule has 0 fully saturated rings. The van der Waals surface area contributed by atoms with Gasteiger partial charge in [-0.2, -0.15) is 5.26 Å². The maximum absolute atomic E-state index is 9.22. The van der Waals surface area contributed by atoms with Crippen LogP contribution in [0.2, 0.25) is 0 Å². The molecule has 18 heavy (non-hydrogen) atoms. The van der Waals surface area contributed by atoms with Gasteiger partial charge in [-0.25, -0.2) is 0 Å². The summed E-state index contributed by atoms with van der Waals surface area (Å²) in [6.45, 7) is 8.67. The summed E-state index contributed by atoms with van der Waals surface area (Å²) in [5, 5.41) is 10.3. The van der Waals surface area contributed by atoms with Crippen LogP contribution in [0.5, 0.6) is 0 Å². The van der Waals surface area contributed by atoms with Gasteiger partial charge in [0, 0.05) is 5.39 Å². The Morgan fingerprint density at radius 3 is 2.50 bits per heavy atom. The first-order valence-electron chi connectivity index (χ1n) is 6.47. The van der Waals surface area contributed by atoms with Crippen LogP contribution in [-0.2, 0) is 6.42 Å². The van der Waals surface area contributed by atoms with Crippen molar-refractivity contribution in [3.63, 3.8) is 0 Å². The summed E-state index contributed by atoms with van der Waals surface area (Å²) in [6.07, 6.45) is 2.79. The van der Waals surface area contributed by atoms with Crippen LogP contribution in [0.15, 0.2) is 22.8 Å². The minimum atomic E-state index is 0.420. The number of fused-ring (bicyclic) bond motifs is 1. The first-order chi connectivity index (χ1) is 8.52. The molecule has 2 heteroatoms. The maximum atomic E-state index is 9.22. The van der Waals surface area contributed by atoms with E-state index in [1.807, 2.05) is 6.07 Å². The molecule has 0 aliphatic carbocycles. The van der Waals surface area contributed by atoms with E-state index in [4.69, 9.17) is 4.42 Å². The van der Waals surface area contributed by atoms with Gasteiger partial charge in [0.15, 0.2) is 5.58 Å². The van der Waals surface area contributed by atoms with E-state index in [9.17, 15) is 5.26 Å². The van der Waals surface area contributed by atoms with Gasteiger partial charge in [0.05, 0.1) is 11.8 Å². The highest BCUT2D eigenvalue weighted by Crippen LogP contribution is 2.30. The summed E-state index contributed by atoms with van der Waals surface area (Å²) in [5.41, 5.74) is 3.79. The molecular formula is C16H19NO. The zero-order valence-electron chi connectivity index (χ0n) is 11.4. The summed E-state index contributed by atoms with van der Waals surface area (Å²) >= 11 is 0. The number of nitriles is 1. The third-order valence-electron chi connectivity index (χ3n) is 3.19. The summed E-state index contributed by atoms with van der Waals surface area (Å²) in [6, 6.07) is 6.35. The minimum absolute atomic E-state index is 0.420. The van der Waals surface area contributed by atoms with Gasteiger partial charge >= 0.3 is 0 Å². The smallest absolute Gasteiger partial charge is 0.151 e. The Kier molecular flexibility index (Phi) is 3.43. The minimum Gasteiger partial charge on any atom is -0.463 e. The summed E-state index contributed by atoms with van der Waals surface area (Å²) in [5.74, 6) is 1.00. The van der Waals surface area contributed by atoms with Gasteiger partial charge in [0.1, 0.15) is 6.07 Å². The zero-order chi connectivity index (χ0) is 13.3. The van der Waals surface area contributed by atoms with Crippen molar-refractivity contribution < 1.29 is 4.42 Å². The molecule has 1 aromatic heterocycles. The Morgan fingerprint density at radius 1 is 1.22 bits per heavy atom. The highest BCUT2D eigenvalue weighted by atomic mass is 16.3. The van der Waals surface area contributed by atoms with Crippen LogP contribution in [-0.4, -0.2) is 0 Å². The van der Waals surface area contributed by atoms with Crippen molar-refractivity contribution in [3.05, 3.63) is 35.1 Å². The summed E-state index contributed by atoms with van der Waals surface area (Å²) in [7, 11) is 0. The Morgan fingerprint density at radius 2 is 1.94 bits per heavy atom. The SMILES string of the molecule is CC(C)Cc1coc2c(C#N)cc(C(C)C)cc12. The standard InChI is InChI=1S/C16H19NO/c1-10(2)5-14-9-18-16-13(8-17)6-12(11(3)4)7-15(14)16/h6-7,9-11H,5H2,1-4H3. The van der Waals surface area contributed by atoms with Crippen molar-refractivity contribution in [2.45, 2.75) is 40.0 Å². The van der Waals surface area contributed by atoms with Crippen LogP contribution in [0.3, 0.4) is 0 Å². The molecule has 0 amide bonds. The molecule has 0 spiro atoms. The van der Waals surface area contributed by atoms with Gasteiger partial charge in [-0.3, -0.25) is 0 Å². The van der Waals surface area contributed by atoms with Crippen LogP contribution in [0.1, 0.15) is 50.3 Å². The average molecular weight is 241 g/mol. The Labute approximate surface area is 108 Å². The van der Waals surface area contributed by atoms with E-state index >= 15 is 0 Å². The van der Waals surface area contributed by atoms with Gasteiger partial charge in [-0.15, -0.1) is 0 Å². The number of furan rings is 1. The number of hydrogen-bond acceptors (Lipinski definition) is 2. The fourth-order valence-electron chi connectivity index (χ4n) is 2.22. The summed E-state index contributed by atoms with van der Waals surface area (Å²) in [4.78, 5) is 0. The lowest BCUT2D eigenvalue weighted by Crippen LogP contribution is -1.94. The van der Waals surface area contributed by atoms with Crippen molar-refractivity contribution >= 4 is 11.0 Å². The molecule has 0 N–H and O–H groups in total. The van der Waals surface area contributed by atoms with Crippen molar-refractivity contribution in [1.29, 1.82) is 5.26 Å². The van der Waals surface area contributed by atoms with Crippen molar-refractivity contribution in [2.75, 3.05) is 0 Å². The number of hydrogen-bond donors (Lipinski definition) is 0. The predicted molar refractivity (Wildman–Crippen MR) is 73.6 cm³/mol. The van der Waals surface area contributed by atoms with Crippen LogP contribution >= 0.6 is 0 Å². The Bertz CT molecular complexity index is 599. The average Bonchev–Trinajstić information content (AvgIpc) is 2.70. The number of nitrogens with zero attached hydrogens (tertiary/aromatic N) is 1. The maximum Gasteiger partial charge on any atom is 0.151 e. The molecule has 0 aliphatic rings. The van der Waals surface area contributed by atoms with E-state index < -0.39 is 0 Å². The van der Waals surface area contributed by atoms with Gasteiger partial charge in [-0.1, -0.05) is 27.7 Å². The lowest BCUT2D eigenvalue weighted by Gasteiger charge is -2.07. The molecule has 0 aliphatic heterocycles. The molecule has 94 valence electrons. The third-order valence-corrected chi connectivity index (χ3v) is 3.19. The fourth-order valence-corrected chi connectivity index (χ4v) is 2.22. The van der Waals surface area contributed by atoms with E-state index in [0.717, 1.165) is 17.4 Å². The summed E-state index contributed by atoms with van der Waals surface area (Å²) < 4.78 is 5.58. The van der Waals surface area contributed by atoms with Crippen LogP contribution in [0, 0.1) is 17.2 Å². The molecule has 0 saturated carbocycles. The third kappa shape index (κ3) is 2.26. The lowest BCUT2D eigenvalue weighted by molar-refractivity contribution is 0.593. The molecule has 2 aromatic rings. The zero-order valence-corrected chi connectivity index (χ0v) is 11.4. The molecule has 2 nitrogen and oxygen atoms in total. The van der Waals surface area contributed by atoms with E-state index in [-0.39, 0.29) is 0 Å². The Hall–Kier alpha value is -1.75.